The Bertz CT molecular complexity index is 1190. The minimum atomic E-state index is -4.35. The molecule has 0 saturated carbocycles. The predicted molar refractivity (Wildman–Crippen MR) is 117 cm³/mol. The third kappa shape index (κ3) is 4.92. The van der Waals surface area contributed by atoms with Crippen molar-refractivity contribution in [3.8, 4) is 11.4 Å². The molecule has 0 fully saturated rings. The zero-order valence-electron chi connectivity index (χ0n) is 16.2. The van der Waals surface area contributed by atoms with Gasteiger partial charge in [0.05, 0.1) is 15.8 Å². The zero-order valence-corrected chi connectivity index (χ0v) is 17.0. The first-order valence-electron chi connectivity index (χ1n) is 9.42. The highest BCUT2D eigenvalue weighted by Crippen LogP contribution is 2.30. The molecule has 0 aliphatic carbocycles. The van der Waals surface area contributed by atoms with Gasteiger partial charge in [0, 0.05) is 24.3 Å². The van der Waals surface area contributed by atoms with E-state index in [4.69, 9.17) is 11.5 Å². The van der Waals surface area contributed by atoms with Crippen molar-refractivity contribution in [3.05, 3.63) is 65.2 Å². The Balaban J connectivity index is 1.49. The van der Waals surface area contributed by atoms with Gasteiger partial charge in [-0.3, -0.25) is 0 Å². The summed E-state index contributed by atoms with van der Waals surface area (Å²) in [5.74, 6) is 1.53. The Kier molecular flexibility index (Phi) is 5.75. The molecule has 0 amide bonds. The van der Waals surface area contributed by atoms with Crippen molar-refractivity contribution >= 4 is 33.2 Å². The molecule has 0 aliphatic rings. The topological polar surface area (TPSA) is 103 Å². The second kappa shape index (κ2) is 8.48. The molecule has 160 valence electrons. The standard InChI is InChI=1S/C21H19F3N6S/c22-21(23,24)14-3-1-12(2-4-14)9-15(25)11-28-20-18-16(6-8-31-18)29-19(30-20)13-5-7-27-17(26)10-13/h1-8,10,15H,9,11,25H2,(H2,26,27)(H,28,29,30). The molecule has 10 heteroatoms. The van der Waals surface area contributed by atoms with Crippen LogP contribution in [0, 0.1) is 0 Å². The molecule has 6 nitrogen and oxygen atoms in total. The fraction of sp³-hybridized carbons (Fsp3) is 0.190. The molecule has 4 aromatic rings. The van der Waals surface area contributed by atoms with E-state index in [1.54, 1.807) is 18.3 Å². The van der Waals surface area contributed by atoms with Gasteiger partial charge in [-0.2, -0.15) is 13.2 Å². The van der Waals surface area contributed by atoms with Crippen molar-refractivity contribution in [1.82, 2.24) is 15.0 Å². The molecule has 31 heavy (non-hydrogen) atoms. The number of aromatic nitrogens is 3. The maximum absolute atomic E-state index is 12.7. The average molecular weight is 444 g/mol. The van der Waals surface area contributed by atoms with Crippen molar-refractivity contribution in [1.29, 1.82) is 0 Å². The molecule has 0 saturated heterocycles. The summed E-state index contributed by atoms with van der Waals surface area (Å²) in [5, 5.41) is 5.19. The lowest BCUT2D eigenvalue weighted by atomic mass is 10.0. The van der Waals surface area contributed by atoms with E-state index < -0.39 is 11.7 Å². The van der Waals surface area contributed by atoms with E-state index in [0.29, 0.717) is 30.4 Å². The smallest absolute Gasteiger partial charge is 0.384 e. The van der Waals surface area contributed by atoms with Crippen molar-refractivity contribution in [2.75, 3.05) is 17.6 Å². The highest BCUT2D eigenvalue weighted by molar-refractivity contribution is 7.17. The lowest BCUT2D eigenvalue weighted by Gasteiger charge is -2.15. The third-order valence-electron chi connectivity index (χ3n) is 4.65. The fourth-order valence-electron chi connectivity index (χ4n) is 3.13. The highest BCUT2D eigenvalue weighted by Gasteiger charge is 2.29. The SMILES string of the molecule is Nc1cc(-c2nc(NCC(N)Cc3ccc(C(F)(F)F)cc3)c3sccc3n2)ccn1. The lowest BCUT2D eigenvalue weighted by molar-refractivity contribution is -0.137. The number of rotatable bonds is 6. The quantitative estimate of drug-likeness (QED) is 0.409. The van der Waals surface area contributed by atoms with Crippen molar-refractivity contribution in [2.24, 2.45) is 5.73 Å². The van der Waals surface area contributed by atoms with Crippen molar-refractivity contribution in [3.63, 3.8) is 0 Å². The Morgan fingerprint density at radius 2 is 1.84 bits per heavy atom. The van der Waals surface area contributed by atoms with Gasteiger partial charge in [-0.25, -0.2) is 15.0 Å². The van der Waals surface area contributed by atoms with Gasteiger partial charge in [0.15, 0.2) is 5.82 Å². The van der Waals surface area contributed by atoms with Crippen LogP contribution in [0.5, 0.6) is 0 Å². The highest BCUT2D eigenvalue weighted by atomic mass is 32.1. The molecular formula is C21H19F3N6S. The molecule has 5 N–H and O–H groups in total. The second-order valence-corrected chi connectivity index (χ2v) is 7.96. The summed E-state index contributed by atoms with van der Waals surface area (Å²) in [4.78, 5) is 13.2. The molecular weight excluding hydrogens is 425 g/mol. The molecule has 4 rings (SSSR count). The van der Waals surface area contributed by atoms with Crippen LogP contribution >= 0.6 is 11.3 Å². The van der Waals surface area contributed by atoms with Crippen molar-refractivity contribution in [2.45, 2.75) is 18.6 Å². The minimum Gasteiger partial charge on any atom is -0.384 e. The molecule has 3 heterocycles. The predicted octanol–water partition coefficient (Wildman–Crippen LogP) is 4.34. The molecule has 0 spiro atoms. The Labute approximate surface area is 180 Å². The minimum absolute atomic E-state index is 0.318. The number of nitrogens with two attached hydrogens (primary N) is 2. The van der Waals surface area contributed by atoms with Gasteiger partial charge in [0.25, 0.3) is 0 Å². The van der Waals surface area contributed by atoms with E-state index in [-0.39, 0.29) is 6.04 Å². The van der Waals surface area contributed by atoms with Crippen LogP contribution < -0.4 is 16.8 Å². The number of benzene rings is 1. The van der Waals surface area contributed by atoms with Crippen molar-refractivity contribution < 1.29 is 13.2 Å². The van der Waals surface area contributed by atoms with Gasteiger partial charge in [0.2, 0.25) is 0 Å². The van der Waals surface area contributed by atoms with Crippen LogP contribution in [0.25, 0.3) is 21.6 Å². The average Bonchev–Trinajstić information content (AvgIpc) is 3.20. The number of hydrogen-bond acceptors (Lipinski definition) is 7. The monoisotopic (exact) mass is 444 g/mol. The lowest BCUT2D eigenvalue weighted by Crippen LogP contribution is -2.31. The van der Waals surface area contributed by atoms with Crippen LogP contribution in [0.3, 0.4) is 0 Å². The molecule has 1 atom stereocenters. The number of thiophene rings is 1. The van der Waals surface area contributed by atoms with Gasteiger partial charge in [-0.1, -0.05) is 12.1 Å². The summed E-state index contributed by atoms with van der Waals surface area (Å²) in [6.07, 6.45) is -2.32. The van der Waals surface area contributed by atoms with Crippen LogP contribution in [-0.4, -0.2) is 27.5 Å². The number of hydrogen-bond donors (Lipinski definition) is 3. The summed E-state index contributed by atoms with van der Waals surface area (Å²) in [6.45, 7) is 0.392. The van der Waals surface area contributed by atoms with Crippen LogP contribution in [0.15, 0.2) is 54.0 Å². The molecule has 0 bridgehead atoms. The molecule has 3 aromatic heterocycles. The van der Waals surface area contributed by atoms with Gasteiger partial charge >= 0.3 is 6.18 Å². The number of nitrogens with zero attached hydrogens (tertiary/aromatic N) is 3. The number of pyridine rings is 1. The first-order chi connectivity index (χ1) is 14.8. The normalized spacial score (nSPS) is 12.8. The molecule has 1 aromatic carbocycles. The summed E-state index contributed by atoms with van der Waals surface area (Å²) in [5.41, 5.74) is 13.6. The fourth-order valence-corrected chi connectivity index (χ4v) is 3.93. The Morgan fingerprint density at radius 3 is 2.55 bits per heavy atom. The Morgan fingerprint density at radius 1 is 1.06 bits per heavy atom. The van der Waals surface area contributed by atoms with Gasteiger partial charge in [-0.05, 0) is 47.7 Å². The summed E-state index contributed by atoms with van der Waals surface area (Å²) < 4.78 is 39.0. The van der Waals surface area contributed by atoms with Crippen LogP contribution in [0.1, 0.15) is 11.1 Å². The number of fused-ring (bicyclic) bond motifs is 1. The van der Waals surface area contributed by atoms with Crippen LogP contribution in [0.2, 0.25) is 0 Å². The van der Waals surface area contributed by atoms with E-state index in [1.807, 2.05) is 11.4 Å². The zero-order chi connectivity index (χ0) is 22.0. The number of halogens is 3. The largest absolute Gasteiger partial charge is 0.416 e. The molecule has 0 radical (unpaired) electrons. The van der Waals surface area contributed by atoms with E-state index in [0.717, 1.165) is 33.5 Å². The molecule has 1 unspecified atom stereocenters. The third-order valence-corrected chi connectivity index (χ3v) is 5.56. The number of anilines is 2. The summed E-state index contributed by atoms with van der Waals surface area (Å²) in [6, 6.07) is 10.1. The first kappa shape index (κ1) is 21.0. The van der Waals surface area contributed by atoms with Crippen LogP contribution in [0.4, 0.5) is 24.8 Å². The maximum Gasteiger partial charge on any atom is 0.416 e. The van der Waals surface area contributed by atoms with Crippen LogP contribution in [-0.2, 0) is 12.6 Å². The number of nitrogens with one attached hydrogen (secondary N) is 1. The number of nitrogen functional groups attached to an aromatic ring is 1. The van der Waals surface area contributed by atoms with E-state index in [9.17, 15) is 13.2 Å². The van der Waals surface area contributed by atoms with Gasteiger partial charge < -0.3 is 16.8 Å². The van der Waals surface area contributed by atoms with Gasteiger partial charge in [0.1, 0.15) is 11.6 Å². The van der Waals surface area contributed by atoms with E-state index in [2.05, 4.69) is 20.3 Å². The summed E-state index contributed by atoms with van der Waals surface area (Å²) >= 11 is 1.51. The second-order valence-electron chi connectivity index (χ2n) is 7.04. The maximum atomic E-state index is 12.7. The number of alkyl halides is 3. The Hall–Kier alpha value is -3.24. The van der Waals surface area contributed by atoms with E-state index >= 15 is 0 Å². The van der Waals surface area contributed by atoms with Gasteiger partial charge in [-0.15, -0.1) is 11.3 Å². The summed E-state index contributed by atoms with van der Waals surface area (Å²) in [7, 11) is 0. The first-order valence-corrected chi connectivity index (χ1v) is 10.3. The van der Waals surface area contributed by atoms with E-state index in [1.165, 1.54) is 23.5 Å². The molecule has 0 aliphatic heterocycles.